The molecule has 0 fully saturated rings. The van der Waals surface area contributed by atoms with E-state index in [1.54, 1.807) is 7.11 Å². The summed E-state index contributed by atoms with van der Waals surface area (Å²) >= 11 is 0. The van der Waals surface area contributed by atoms with Gasteiger partial charge in [-0.2, -0.15) is 0 Å². The second-order valence-electron chi connectivity index (χ2n) is 5.86. The van der Waals surface area contributed by atoms with Crippen LogP contribution in [-0.4, -0.2) is 23.7 Å². The summed E-state index contributed by atoms with van der Waals surface area (Å²) in [5, 5.41) is 1.09. The number of ether oxygens (including phenoxy) is 2. The zero-order chi connectivity index (χ0) is 17.5. The van der Waals surface area contributed by atoms with Crippen LogP contribution in [0.3, 0.4) is 0 Å². The van der Waals surface area contributed by atoms with Gasteiger partial charge in [-0.3, -0.25) is 0 Å². The van der Waals surface area contributed by atoms with Gasteiger partial charge in [0.25, 0.3) is 0 Å². The van der Waals surface area contributed by atoms with Crippen LogP contribution in [0.2, 0.25) is 0 Å². The molecule has 3 aromatic rings. The lowest BCUT2D eigenvalue weighted by Crippen LogP contribution is -2.02. The topological polar surface area (TPSA) is 70.3 Å². The van der Waals surface area contributed by atoms with Crippen molar-refractivity contribution in [2.45, 2.75) is 25.7 Å². The van der Waals surface area contributed by atoms with Crippen molar-refractivity contribution in [1.82, 2.24) is 9.97 Å². The Balaban J connectivity index is 1.48. The Labute approximate surface area is 147 Å². The van der Waals surface area contributed by atoms with E-state index in [1.807, 2.05) is 42.5 Å². The van der Waals surface area contributed by atoms with E-state index in [1.165, 1.54) is 0 Å². The Kier molecular flexibility index (Phi) is 5.67. The highest BCUT2D eigenvalue weighted by atomic mass is 16.5. The minimum Gasteiger partial charge on any atom is -0.493 e. The molecule has 0 aliphatic heterocycles. The summed E-state index contributed by atoms with van der Waals surface area (Å²) in [6.07, 6.45) is 3.97. The number of hydrogen-bond donors (Lipinski definition) is 1. The monoisotopic (exact) mass is 337 g/mol. The molecule has 0 unspecified atom stereocenters. The van der Waals surface area contributed by atoms with Gasteiger partial charge in [-0.05, 0) is 43.9 Å². The summed E-state index contributed by atoms with van der Waals surface area (Å²) in [7, 11) is 1.65. The maximum Gasteiger partial charge on any atom is 0.220 e. The van der Waals surface area contributed by atoms with Crippen molar-refractivity contribution in [3.05, 3.63) is 54.2 Å². The van der Waals surface area contributed by atoms with Gasteiger partial charge < -0.3 is 15.2 Å². The summed E-state index contributed by atoms with van der Waals surface area (Å²) in [5.74, 6) is 1.90. The fraction of sp³-hybridized carbons (Fsp3) is 0.300. The number of aromatic nitrogens is 2. The average Bonchev–Trinajstić information content (AvgIpc) is 2.64. The molecule has 0 atom stereocenters. The molecular formula is C20H23N3O2. The van der Waals surface area contributed by atoms with Crippen LogP contribution < -0.4 is 15.2 Å². The first-order valence-corrected chi connectivity index (χ1v) is 8.55. The van der Waals surface area contributed by atoms with E-state index in [0.717, 1.165) is 53.8 Å². The van der Waals surface area contributed by atoms with E-state index < -0.39 is 0 Å². The number of methoxy groups -OCH3 is 1. The standard InChI is InChI=1S/C20H23N3O2/c1-24-18-12-6-7-13-19(18)25-14-8-2-3-10-16-15-9-4-5-11-17(15)23-20(21)22-16/h4-7,9,11-13H,2-3,8,10,14H2,1H3,(H2,21,22,23). The van der Waals surface area contributed by atoms with Crippen LogP contribution in [0.5, 0.6) is 11.5 Å². The average molecular weight is 337 g/mol. The van der Waals surface area contributed by atoms with Gasteiger partial charge in [0.15, 0.2) is 11.5 Å². The fourth-order valence-corrected chi connectivity index (χ4v) is 2.84. The van der Waals surface area contributed by atoms with Crippen LogP contribution in [-0.2, 0) is 6.42 Å². The van der Waals surface area contributed by atoms with Gasteiger partial charge in [-0.25, -0.2) is 9.97 Å². The molecule has 0 saturated heterocycles. The van der Waals surface area contributed by atoms with Crippen LogP contribution in [0.4, 0.5) is 5.95 Å². The lowest BCUT2D eigenvalue weighted by atomic mass is 10.1. The first-order chi connectivity index (χ1) is 12.3. The summed E-state index contributed by atoms with van der Waals surface area (Å²) in [6.45, 7) is 0.674. The molecule has 130 valence electrons. The second kappa shape index (κ2) is 8.33. The number of rotatable bonds is 8. The van der Waals surface area contributed by atoms with Crippen LogP contribution >= 0.6 is 0 Å². The number of nitrogens with two attached hydrogens (primary N) is 1. The van der Waals surface area contributed by atoms with E-state index in [-0.39, 0.29) is 0 Å². The summed E-state index contributed by atoms with van der Waals surface area (Å²) in [6, 6.07) is 15.7. The number of nitrogen functional groups attached to an aromatic ring is 1. The fourth-order valence-electron chi connectivity index (χ4n) is 2.84. The first kappa shape index (κ1) is 17.0. The quantitative estimate of drug-likeness (QED) is 0.629. The third-order valence-electron chi connectivity index (χ3n) is 4.08. The SMILES string of the molecule is COc1ccccc1OCCCCCc1nc(N)nc2ccccc12. The van der Waals surface area contributed by atoms with Crippen molar-refractivity contribution >= 4 is 16.9 Å². The third-order valence-corrected chi connectivity index (χ3v) is 4.08. The van der Waals surface area contributed by atoms with Gasteiger partial charge in [0, 0.05) is 5.39 Å². The van der Waals surface area contributed by atoms with Crippen molar-refractivity contribution in [2.24, 2.45) is 0 Å². The molecule has 0 amide bonds. The molecular weight excluding hydrogens is 314 g/mol. The van der Waals surface area contributed by atoms with Crippen molar-refractivity contribution in [3.63, 3.8) is 0 Å². The van der Waals surface area contributed by atoms with Crippen molar-refractivity contribution in [1.29, 1.82) is 0 Å². The molecule has 5 nitrogen and oxygen atoms in total. The number of unbranched alkanes of at least 4 members (excludes halogenated alkanes) is 2. The van der Waals surface area contributed by atoms with E-state index in [4.69, 9.17) is 15.2 Å². The number of hydrogen-bond acceptors (Lipinski definition) is 5. The molecule has 25 heavy (non-hydrogen) atoms. The Hall–Kier alpha value is -2.82. The van der Waals surface area contributed by atoms with Crippen LogP contribution in [0.1, 0.15) is 25.0 Å². The van der Waals surface area contributed by atoms with Crippen molar-refractivity contribution in [3.8, 4) is 11.5 Å². The minimum absolute atomic E-state index is 0.341. The lowest BCUT2D eigenvalue weighted by Gasteiger charge is -2.10. The molecule has 2 N–H and O–H groups in total. The number of anilines is 1. The van der Waals surface area contributed by atoms with Gasteiger partial charge in [0.05, 0.1) is 24.9 Å². The van der Waals surface area contributed by atoms with Gasteiger partial charge >= 0.3 is 0 Å². The van der Waals surface area contributed by atoms with E-state index in [9.17, 15) is 0 Å². The Morgan fingerprint density at radius 3 is 2.48 bits per heavy atom. The van der Waals surface area contributed by atoms with Crippen molar-refractivity contribution in [2.75, 3.05) is 19.5 Å². The Morgan fingerprint density at radius 1 is 0.880 bits per heavy atom. The van der Waals surface area contributed by atoms with Gasteiger partial charge in [0.1, 0.15) is 0 Å². The highest BCUT2D eigenvalue weighted by molar-refractivity contribution is 5.81. The van der Waals surface area contributed by atoms with E-state index in [2.05, 4.69) is 16.0 Å². The zero-order valence-electron chi connectivity index (χ0n) is 14.4. The molecule has 0 saturated carbocycles. The molecule has 3 rings (SSSR count). The van der Waals surface area contributed by atoms with Gasteiger partial charge in [0.2, 0.25) is 5.95 Å². The second-order valence-corrected chi connectivity index (χ2v) is 5.86. The van der Waals surface area contributed by atoms with Crippen LogP contribution in [0.25, 0.3) is 10.9 Å². The number of nitrogens with zero attached hydrogens (tertiary/aromatic N) is 2. The Morgan fingerprint density at radius 2 is 1.64 bits per heavy atom. The number of para-hydroxylation sites is 3. The molecule has 1 heterocycles. The molecule has 0 spiro atoms. The maximum atomic E-state index is 5.81. The summed E-state index contributed by atoms with van der Waals surface area (Å²) in [5.41, 5.74) is 7.74. The molecule has 0 bridgehead atoms. The molecule has 2 aromatic carbocycles. The number of aryl methyl sites for hydroxylation is 1. The molecule has 5 heteroatoms. The highest BCUT2D eigenvalue weighted by Gasteiger charge is 2.06. The smallest absolute Gasteiger partial charge is 0.220 e. The first-order valence-electron chi connectivity index (χ1n) is 8.55. The predicted octanol–water partition coefficient (Wildman–Crippen LogP) is 4.01. The molecule has 1 aromatic heterocycles. The van der Waals surface area contributed by atoms with Gasteiger partial charge in [-0.1, -0.05) is 30.3 Å². The Bertz CT molecular complexity index is 836. The molecule has 0 aliphatic rings. The highest BCUT2D eigenvalue weighted by Crippen LogP contribution is 2.26. The van der Waals surface area contributed by atoms with Crippen LogP contribution in [0, 0.1) is 0 Å². The predicted molar refractivity (Wildman–Crippen MR) is 100.0 cm³/mol. The molecule has 0 aliphatic carbocycles. The van der Waals surface area contributed by atoms with E-state index >= 15 is 0 Å². The summed E-state index contributed by atoms with van der Waals surface area (Å²) < 4.78 is 11.1. The molecule has 0 radical (unpaired) electrons. The van der Waals surface area contributed by atoms with Crippen LogP contribution in [0.15, 0.2) is 48.5 Å². The summed E-state index contributed by atoms with van der Waals surface area (Å²) in [4.78, 5) is 8.69. The normalized spacial score (nSPS) is 10.8. The number of fused-ring (bicyclic) bond motifs is 1. The van der Waals surface area contributed by atoms with Gasteiger partial charge in [-0.15, -0.1) is 0 Å². The lowest BCUT2D eigenvalue weighted by molar-refractivity contribution is 0.285. The van der Waals surface area contributed by atoms with Crippen molar-refractivity contribution < 1.29 is 9.47 Å². The zero-order valence-corrected chi connectivity index (χ0v) is 14.4. The maximum absolute atomic E-state index is 5.81. The van der Waals surface area contributed by atoms with E-state index in [0.29, 0.717) is 12.6 Å². The minimum atomic E-state index is 0.341. The third kappa shape index (κ3) is 4.38. The largest absolute Gasteiger partial charge is 0.493 e. The number of benzene rings is 2.